The molecule has 1 atom stereocenters. The summed E-state index contributed by atoms with van der Waals surface area (Å²) in [4.78, 5) is 24.3. The highest BCUT2D eigenvalue weighted by atomic mass is 16.5. The van der Waals surface area contributed by atoms with Gasteiger partial charge in [-0.25, -0.2) is 4.68 Å². The Kier molecular flexibility index (Phi) is 3.85. The zero-order chi connectivity index (χ0) is 18.1. The molecule has 2 N–H and O–H groups in total. The molecular weight excluding hydrogens is 334 g/mol. The summed E-state index contributed by atoms with van der Waals surface area (Å²) >= 11 is 0. The molecule has 0 unspecified atom stereocenters. The molecular formula is C18H15N5O3. The summed E-state index contributed by atoms with van der Waals surface area (Å²) in [6.07, 6.45) is 2.73. The van der Waals surface area contributed by atoms with E-state index in [4.69, 9.17) is 4.74 Å². The van der Waals surface area contributed by atoms with Gasteiger partial charge in [0, 0.05) is 11.3 Å². The Balaban J connectivity index is 1.55. The number of nitrogens with zero attached hydrogens (tertiary/aromatic N) is 3. The van der Waals surface area contributed by atoms with Crippen molar-refractivity contribution < 1.29 is 14.3 Å². The molecule has 0 aliphatic carbocycles. The summed E-state index contributed by atoms with van der Waals surface area (Å²) in [5, 5.41) is 13.2. The van der Waals surface area contributed by atoms with Crippen LogP contribution in [0.5, 0.6) is 5.75 Å². The SMILES string of the molecule is C[C@@H]1Oc2ccc(NC(=O)c3cccc(-n4ccnn4)c3)cc2NC1=O. The van der Waals surface area contributed by atoms with Crippen molar-refractivity contribution in [2.45, 2.75) is 13.0 Å². The first-order valence-electron chi connectivity index (χ1n) is 8.00. The summed E-state index contributed by atoms with van der Waals surface area (Å²) < 4.78 is 7.08. The smallest absolute Gasteiger partial charge is 0.265 e. The first kappa shape index (κ1) is 15.8. The number of aromatic nitrogens is 3. The number of amides is 2. The third kappa shape index (κ3) is 3.00. The van der Waals surface area contributed by atoms with E-state index in [1.54, 1.807) is 60.4 Å². The van der Waals surface area contributed by atoms with Crippen LogP contribution in [0.2, 0.25) is 0 Å². The topological polar surface area (TPSA) is 98.1 Å². The van der Waals surface area contributed by atoms with E-state index in [0.717, 1.165) is 5.69 Å². The molecule has 1 aliphatic heterocycles. The van der Waals surface area contributed by atoms with Crippen molar-refractivity contribution in [3.8, 4) is 11.4 Å². The van der Waals surface area contributed by atoms with E-state index >= 15 is 0 Å². The number of hydrogen-bond acceptors (Lipinski definition) is 5. The van der Waals surface area contributed by atoms with E-state index in [1.165, 1.54) is 0 Å². The van der Waals surface area contributed by atoms with Gasteiger partial charge in [-0.3, -0.25) is 9.59 Å². The van der Waals surface area contributed by atoms with Gasteiger partial charge in [0.05, 0.1) is 23.8 Å². The number of rotatable bonds is 3. The minimum atomic E-state index is -0.539. The largest absolute Gasteiger partial charge is 0.479 e. The van der Waals surface area contributed by atoms with Crippen LogP contribution in [-0.4, -0.2) is 32.9 Å². The van der Waals surface area contributed by atoms with Crippen LogP contribution >= 0.6 is 0 Å². The Labute approximate surface area is 148 Å². The lowest BCUT2D eigenvalue weighted by Crippen LogP contribution is -2.34. The Hall–Kier alpha value is -3.68. The molecule has 1 aliphatic rings. The van der Waals surface area contributed by atoms with Crippen molar-refractivity contribution in [2.24, 2.45) is 0 Å². The van der Waals surface area contributed by atoms with Crippen LogP contribution in [0.1, 0.15) is 17.3 Å². The van der Waals surface area contributed by atoms with Crippen molar-refractivity contribution in [3.05, 3.63) is 60.4 Å². The highest BCUT2D eigenvalue weighted by molar-refractivity contribution is 6.05. The van der Waals surface area contributed by atoms with Gasteiger partial charge in [-0.1, -0.05) is 11.3 Å². The molecule has 1 aromatic heterocycles. The summed E-state index contributed by atoms with van der Waals surface area (Å²) in [6, 6.07) is 12.1. The van der Waals surface area contributed by atoms with Crippen molar-refractivity contribution in [3.63, 3.8) is 0 Å². The Morgan fingerprint density at radius 1 is 1.27 bits per heavy atom. The fourth-order valence-electron chi connectivity index (χ4n) is 2.63. The molecule has 2 aromatic carbocycles. The van der Waals surface area contributed by atoms with E-state index in [2.05, 4.69) is 20.9 Å². The predicted molar refractivity (Wildman–Crippen MR) is 94.5 cm³/mol. The summed E-state index contributed by atoms with van der Waals surface area (Å²) in [5.74, 6) is 0.0770. The molecule has 2 amide bonds. The maximum absolute atomic E-state index is 12.5. The number of carbonyl (C=O) groups is 2. The molecule has 3 aromatic rings. The van der Waals surface area contributed by atoms with E-state index in [0.29, 0.717) is 22.7 Å². The van der Waals surface area contributed by atoms with Crippen LogP contribution in [-0.2, 0) is 4.79 Å². The molecule has 0 saturated heterocycles. The molecule has 2 heterocycles. The number of carbonyl (C=O) groups excluding carboxylic acids is 2. The number of nitrogens with one attached hydrogen (secondary N) is 2. The average Bonchev–Trinajstić information content (AvgIpc) is 3.18. The van der Waals surface area contributed by atoms with Crippen LogP contribution < -0.4 is 15.4 Å². The lowest BCUT2D eigenvalue weighted by molar-refractivity contribution is -0.122. The number of anilines is 2. The van der Waals surface area contributed by atoms with Gasteiger partial charge >= 0.3 is 0 Å². The molecule has 0 spiro atoms. The Morgan fingerprint density at radius 3 is 2.96 bits per heavy atom. The number of hydrogen-bond donors (Lipinski definition) is 2. The number of fused-ring (bicyclic) bond motifs is 1. The van der Waals surface area contributed by atoms with Crippen molar-refractivity contribution >= 4 is 23.2 Å². The van der Waals surface area contributed by atoms with Crippen molar-refractivity contribution in [1.29, 1.82) is 0 Å². The van der Waals surface area contributed by atoms with Crippen LogP contribution in [0.3, 0.4) is 0 Å². The minimum Gasteiger partial charge on any atom is -0.479 e. The third-order valence-electron chi connectivity index (χ3n) is 3.96. The second kappa shape index (κ2) is 6.32. The standard InChI is InChI=1S/C18H15N5O3/c1-11-17(24)21-15-10-13(5-6-16(15)26-11)20-18(25)12-3-2-4-14(9-12)23-8-7-19-22-23/h2-11H,1H3,(H,20,25)(H,21,24)/t11-/m0/s1. The van der Waals surface area contributed by atoms with E-state index in [1.807, 2.05) is 6.07 Å². The second-order valence-electron chi connectivity index (χ2n) is 5.81. The molecule has 0 saturated carbocycles. The quantitative estimate of drug-likeness (QED) is 0.756. The molecule has 0 radical (unpaired) electrons. The van der Waals surface area contributed by atoms with Gasteiger partial charge in [-0.05, 0) is 43.3 Å². The summed E-state index contributed by atoms with van der Waals surface area (Å²) in [7, 11) is 0. The van der Waals surface area contributed by atoms with Crippen LogP contribution in [0.15, 0.2) is 54.9 Å². The van der Waals surface area contributed by atoms with Gasteiger partial charge in [0.15, 0.2) is 6.10 Å². The van der Waals surface area contributed by atoms with E-state index < -0.39 is 6.10 Å². The van der Waals surface area contributed by atoms with E-state index in [9.17, 15) is 9.59 Å². The lowest BCUT2D eigenvalue weighted by atomic mass is 10.1. The second-order valence-corrected chi connectivity index (χ2v) is 5.81. The first-order chi connectivity index (χ1) is 12.6. The number of ether oxygens (including phenoxy) is 1. The monoisotopic (exact) mass is 349 g/mol. The highest BCUT2D eigenvalue weighted by Gasteiger charge is 2.23. The van der Waals surface area contributed by atoms with Crippen LogP contribution in [0.4, 0.5) is 11.4 Å². The number of benzene rings is 2. The van der Waals surface area contributed by atoms with E-state index in [-0.39, 0.29) is 11.8 Å². The van der Waals surface area contributed by atoms with Gasteiger partial charge in [0.2, 0.25) is 0 Å². The fourth-order valence-corrected chi connectivity index (χ4v) is 2.63. The van der Waals surface area contributed by atoms with Crippen molar-refractivity contribution in [1.82, 2.24) is 15.0 Å². The van der Waals surface area contributed by atoms with Gasteiger partial charge in [-0.15, -0.1) is 5.10 Å². The average molecular weight is 349 g/mol. The predicted octanol–water partition coefficient (Wildman–Crippen LogP) is 2.24. The Bertz CT molecular complexity index is 984. The fraction of sp³-hybridized carbons (Fsp3) is 0.111. The molecule has 130 valence electrons. The van der Waals surface area contributed by atoms with Gasteiger partial charge in [-0.2, -0.15) is 0 Å². The molecule has 4 rings (SSSR count). The first-order valence-corrected chi connectivity index (χ1v) is 8.00. The van der Waals surface area contributed by atoms with Gasteiger partial charge in [0.25, 0.3) is 11.8 Å². The third-order valence-corrected chi connectivity index (χ3v) is 3.96. The maximum atomic E-state index is 12.5. The molecule has 0 fully saturated rings. The summed E-state index contributed by atoms with van der Waals surface area (Å²) in [5.41, 5.74) is 2.29. The van der Waals surface area contributed by atoms with Gasteiger partial charge in [0.1, 0.15) is 5.75 Å². The molecule has 26 heavy (non-hydrogen) atoms. The normalized spacial score (nSPS) is 15.6. The summed E-state index contributed by atoms with van der Waals surface area (Å²) in [6.45, 7) is 1.68. The van der Waals surface area contributed by atoms with Crippen molar-refractivity contribution in [2.75, 3.05) is 10.6 Å². The minimum absolute atomic E-state index is 0.221. The Morgan fingerprint density at radius 2 is 2.15 bits per heavy atom. The zero-order valence-electron chi connectivity index (χ0n) is 13.8. The van der Waals surface area contributed by atoms with Crippen LogP contribution in [0.25, 0.3) is 5.69 Å². The molecule has 0 bridgehead atoms. The maximum Gasteiger partial charge on any atom is 0.265 e. The molecule has 8 heteroatoms. The highest BCUT2D eigenvalue weighted by Crippen LogP contribution is 2.32. The lowest BCUT2D eigenvalue weighted by Gasteiger charge is -2.23. The molecule has 8 nitrogen and oxygen atoms in total. The zero-order valence-corrected chi connectivity index (χ0v) is 13.8. The van der Waals surface area contributed by atoms with Gasteiger partial charge < -0.3 is 15.4 Å². The van der Waals surface area contributed by atoms with Crippen LogP contribution in [0, 0.1) is 0 Å².